The monoisotopic (exact) mass is 362 g/mol. The molecule has 1 unspecified atom stereocenters. The molecule has 3 aliphatic rings. The van der Waals surface area contributed by atoms with Crippen LogP contribution in [0.4, 0.5) is 19.4 Å². The largest absolute Gasteiger partial charge is 0.350 e. The summed E-state index contributed by atoms with van der Waals surface area (Å²) in [4.78, 5) is 29.5. The van der Waals surface area contributed by atoms with Crippen molar-refractivity contribution in [3.05, 3.63) is 24.0 Å². The van der Waals surface area contributed by atoms with Crippen molar-refractivity contribution in [2.24, 2.45) is 5.41 Å². The van der Waals surface area contributed by atoms with E-state index in [4.69, 9.17) is 0 Å². The minimum atomic E-state index is -2.74. The van der Waals surface area contributed by atoms with E-state index in [1.807, 2.05) is 0 Å². The van der Waals surface area contributed by atoms with Gasteiger partial charge in [-0.05, 0) is 12.8 Å². The van der Waals surface area contributed by atoms with E-state index < -0.39 is 29.2 Å². The number of aromatic nitrogens is 3. The van der Waals surface area contributed by atoms with Gasteiger partial charge in [-0.1, -0.05) is 0 Å². The third-order valence-electron chi connectivity index (χ3n) is 5.57. The molecule has 1 aliphatic carbocycles. The lowest BCUT2D eigenvalue weighted by atomic mass is 10.0. The predicted molar refractivity (Wildman–Crippen MR) is 86.1 cm³/mol. The van der Waals surface area contributed by atoms with Crippen molar-refractivity contribution in [3.8, 4) is 0 Å². The Kier molecular flexibility index (Phi) is 2.91. The van der Waals surface area contributed by atoms with Crippen LogP contribution in [0.2, 0.25) is 0 Å². The van der Waals surface area contributed by atoms with Gasteiger partial charge in [-0.2, -0.15) is 9.61 Å². The van der Waals surface area contributed by atoms with E-state index in [-0.39, 0.29) is 19.6 Å². The number of urea groups is 1. The van der Waals surface area contributed by atoms with E-state index in [2.05, 4.69) is 20.7 Å². The zero-order chi connectivity index (χ0) is 18.1. The van der Waals surface area contributed by atoms with E-state index in [1.165, 1.54) is 4.52 Å². The molecule has 136 valence electrons. The number of carbonyl (C=O) groups excluding carboxylic acids is 2. The maximum Gasteiger partial charge on any atom is 0.321 e. The number of nitrogens with one attached hydrogen (secondary N) is 2. The van der Waals surface area contributed by atoms with Crippen molar-refractivity contribution in [2.75, 3.05) is 24.5 Å². The van der Waals surface area contributed by atoms with Crippen LogP contribution in [-0.2, 0) is 4.79 Å². The van der Waals surface area contributed by atoms with E-state index in [1.54, 1.807) is 23.2 Å². The van der Waals surface area contributed by atoms with Gasteiger partial charge < -0.3 is 10.2 Å². The molecule has 26 heavy (non-hydrogen) atoms. The number of hydrogen-bond acceptors (Lipinski definition) is 5. The number of hydrogen-bond donors (Lipinski definition) is 2. The van der Waals surface area contributed by atoms with Gasteiger partial charge in [0.25, 0.3) is 5.92 Å². The molecular formula is C16H16F2N6O2. The Balaban J connectivity index is 1.57. The normalized spacial score (nSPS) is 26.2. The van der Waals surface area contributed by atoms with Gasteiger partial charge in [0.05, 0.1) is 29.8 Å². The van der Waals surface area contributed by atoms with Crippen LogP contribution in [-0.4, -0.2) is 52.1 Å². The summed E-state index contributed by atoms with van der Waals surface area (Å²) in [6.45, 7) is -0.00740. The summed E-state index contributed by atoms with van der Waals surface area (Å²) in [5.74, 6) is -3.39. The Hall–Kier alpha value is -2.78. The molecule has 5 rings (SSSR count). The van der Waals surface area contributed by atoms with Crippen molar-refractivity contribution in [1.82, 2.24) is 25.2 Å². The zero-order valence-electron chi connectivity index (χ0n) is 13.7. The van der Waals surface area contributed by atoms with Gasteiger partial charge in [-0.15, -0.1) is 0 Å². The van der Waals surface area contributed by atoms with Gasteiger partial charge in [0, 0.05) is 25.2 Å². The summed E-state index contributed by atoms with van der Waals surface area (Å²) in [6.07, 6.45) is 2.58. The van der Waals surface area contributed by atoms with Gasteiger partial charge >= 0.3 is 6.03 Å². The van der Waals surface area contributed by atoms with E-state index in [0.29, 0.717) is 30.0 Å². The molecule has 10 heteroatoms. The van der Waals surface area contributed by atoms with Crippen molar-refractivity contribution in [2.45, 2.75) is 24.7 Å². The van der Waals surface area contributed by atoms with Crippen molar-refractivity contribution < 1.29 is 18.4 Å². The predicted octanol–water partition coefficient (Wildman–Crippen LogP) is 0.888. The second-order valence-electron chi connectivity index (χ2n) is 7.23. The van der Waals surface area contributed by atoms with Crippen molar-refractivity contribution in [3.63, 3.8) is 0 Å². The topological polar surface area (TPSA) is 91.6 Å². The quantitative estimate of drug-likeness (QED) is 0.828. The fraction of sp³-hybridized carbons (Fsp3) is 0.500. The summed E-state index contributed by atoms with van der Waals surface area (Å²) in [5.41, 5.74) is -0.0423. The number of imide groups is 1. The van der Waals surface area contributed by atoms with Crippen molar-refractivity contribution >= 4 is 23.4 Å². The molecule has 2 saturated heterocycles. The molecule has 1 spiro atoms. The molecule has 2 N–H and O–H groups in total. The van der Waals surface area contributed by atoms with Crippen LogP contribution in [0, 0.1) is 5.41 Å². The maximum absolute atomic E-state index is 14.4. The average Bonchev–Trinajstić information content (AvgIpc) is 3.13. The maximum atomic E-state index is 14.4. The Labute approximate surface area is 146 Å². The minimum absolute atomic E-state index is 0.113. The van der Waals surface area contributed by atoms with E-state index in [0.717, 1.165) is 0 Å². The first kappa shape index (κ1) is 15.5. The molecule has 8 nitrogen and oxygen atoms in total. The number of nitrogens with zero attached hydrogens (tertiary/aromatic N) is 4. The van der Waals surface area contributed by atoms with Crippen LogP contribution in [0.15, 0.2) is 18.3 Å². The number of fused-ring (bicyclic) bond motifs is 1. The fourth-order valence-corrected chi connectivity index (χ4v) is 3.87. The highest BCUT2D eigenvalue weighted by Crippen LogP contribution is 2.61. The number of amides is 3. The first-order valence-electron chi connectivity index (χ1n) is 8.45. The summed E-state index contributed by atoms with van der Waals surface area (Å²) in [6, 6.07) is 2.74. The molecule has 0 radical (unpaired) electrons. The average molecular weight is 362 g/mol. The lowest BCUT2D eigenvalue weighted by molar-refractivity contribution is -0.122. The second-order valence-corrected chi connectivity index (χ2v) is 7.23. The van der Waals surface area contributed by atoms with Gasteiger partial charge in [-0.3, -0.25) is 10.1 Å². The first-order chi connectivity index (χ1) is 12.4. The highest BCUT2D eigenvalue weighted by Gasteiger charge is 2.67. The van der Waals surface area contributed by atoms with Crippen molar-refractivity contribution in [1.29, 1.82) is 0 Å². The Bertz CT molecular complexity index is 932. The highest BCUT2D eigenvalue weighted by molar-refractivity contribution is 6.00. The number of halogens is 2. The zero-order valence-corrected chi connectivity index (χ0v) is 13.7. The molecule has 4 heterocycles. The molecule has 1 saturated carbocycles. The summed E-state index contributed by atoms with van der Waals surface area (Å²) in [5, 5.41) is 8.96. The molecule has 3 amide bonds. The number of alkyl halides is 2. The molecule has 2 aliphatic heterocycles. The number of rotatable bonds is 2. The van der Waals surface area contributed by atoms with Crippen LogP contribution < -0.4 is 15.5 Å². The third kappa shape index (κ3) is 2.10. The third-order valence-corrected chi connectivity index (χ3v) is 5.57. The molecule has 2 aromatic heterocycles. The lowest BCUT2D eigenvalue weighted by Crippen LogP contribution is -2.51. The molecule has 3 fully saturated rings. The van der Waals surface area contributed by atoms with Crippen LogP contribution in [0.3, 0.4) is 0 Å². The smallest absolute Gasteiger partial charge is 0.321 e. The Morgan fingerprint density at radius 2 is 2.04 bits per heavy atom. The van der Waals surface area contributed by atoms with Crippen LogP contribution in [0.25, 0.3) is 5.65 Å². The SMILES string of the molecule is O=C1NCC(c2cc(N3CC(F)(F)C4(CC4)C3)n3nccc3n2)C(=O)N1. The molecule has 0 aromatic carbocycles. The Morgan fingerprint density at radius 3 is 2.73 bits per heavy atom. The van der Waals surface area contributed by atoms with Crippen LogP contribution >= 0.6 is 0 Å². The summed E-state index contributed by atoms with van der Waals surface area (Å²) >= 11 is 0. The lowest BCUT2D eigenvalue weighted by Gasteiger charge is -2.24. The minimum Gasteiger partial charge on any atom is -0.350 e. The number of carbonyl (C=O) groups is 2. The molecule has 0 bridgehead atoms. The molecule has 2 aromatic rings. The molecular weight excluding hydrogens is 346 g/mol. The van der Waals surface area contributed by atoms with Gasteiger partial charge in [0.1, 0.15) is 5.82 Å². The fourth-order valence-electron chi connectivity index (χ4n) is 3.87. The Morgan fingerprint density at radius 1 is 1.23 bits per heavy atom. The van der Waals surface area contributed by atoms with Crippen LogP contribution in [0.1, 0.15) is 24.5 Å². The van der Waals surface area contributed by atoms with E-state index in [9.17, 15) is 18.4 Å². The van der Waals surface area contributed by atoms with E-state index >= 15 is 0 Å². The van der Waals surface area contributed by atoms with Gasteiger partial charge in [-0.25, -0.2) is 18.6 Å². The standard InChI is InChI=1S/C16H16F2N6O2/c17-16(18)8-23(7-15(16)2-3-15)12-5-10(21-11-1-4-20-24(11)12)9-6-19-14(26)22-13(9)25/h1,4-5,9H,2-3,6-8H2,(H2,19,22,25,26). The van der Waals surface area contributed by atoms with Crippen LogP contribution in [0.5, 0.6) is 0 Å². The number of anilines is 1. The first-order valence-corrected chi connectivity index (χ1v) is 8.45. The van der Waals surface area contributed by atoms with Gasteiger partial charge in [0.2, 0.25) is 5.91 Å². The summed E-state index contributed by atoms with van der Waals surface area (Å²) in [7, 11) is 0. The highest BCUT2D eigenvalue weighted by atomic mass is 19.3. The van der Waals surface area contributed by atoms with Gasteiger partial charge in [0.15, 0.2) is 5.65 Å². The summed E-state index contributed by atoms with van der Waals surface area (Å²) < 4.78 is 30.3. The second kappa shape index (κ2) is 4.89. The molecule has 1 atom stereocenters.